The van der Waals surface area contributed by atoms with E-state index in [-0.39, 0.29) is 23.3 Å². The Morgan fingerprint density at radius 3 is 2.56 bits per heavy atom. The Kier molecular flexibility index (Phi) is 7.25. The van der Waals surface area contributed by atoms with Crippen LogP contribution in [0.4, 0.5) is 5.69 Å². The van der Waals surface area contributed by atoms with E-state index in [9.17, 15) is 13.2 Å². The van der Waals surface area contributed by atoms with Crippen molar-refractivity contribution in [2.75, 3.05) is 18.9 Å². The van der Waals surface area contributed by atoms with E-state index in [1.54, 1.807) is 18.2 Å². The first-order chi connectivity index (χ1) is 12.6. The lowest BCUT2D eigenvalue weighted by Gasteiger charge is -2.25. The second-order valence-corrected chi connectivity index (χ2v) is 8.60. The van der Waals surface area contributed by atoms with Gasteiger partial charge in [-0.15, -0.1) is 0 Å². The van der Waals surface area contributed by atoms with Gasteiger partial charge in [0.25, 0.3) is 0 Å². The minimum absolute atomic E-state index is 0.00622. The molecule has 0 aromatic heterocycles. The van der Waals surface area contributed by atoms with E-state index in [2.05, 4.69) is 5.32 Å². The number of sulfonamides is 1. The molecule has 0 aliphatic rings. The van der Waals surface area contributed by atoms with Crippen LogP contribution in [-0.4, -0.2) is 32.8 Å². The van der Waals surface area contributed by atoms with Crippen molar-refractivity contribution in [1.29, 1.82) is 0 Å². The number of carbonyl (C=O) groups is 1. The van der Waals surface area contributed by atoms with E-state index < -0.39 is 10.0 Å². The summed E-state index contributed by atoms with van der Waals surface area (Å²) in [6.45, 7) is 2.48. The molecule has 1 atom stereocenters. The van der Waals surface area contributed by atoms with Crippen molar-refractivity contribution in [3.63, 3.8) is 0 Å². The molecular weight excluding hydrogens is 409 g/mol. The van der Waals surface area contributed by atoms with Gasteiger partial charge < -0.3 is 5.32 Å². The molecule has 1 amide bonds. The van der Waals surface area contributed by atoms with Crippen molar-refractivity contribution in [1.82, 2.24) is 4.90 Å². The molecule has 0 bridgehead atoms. The number of hydrogen-bond acceptors (Lipinski definition) is 4. The highest BCUT2D eigenvalue weighted by Gasteiger charge is 2.16. The lowest BCUT2D eigenvalue weighted by Crippen LogP contribution is -2.27. The largest absolute Gasteiger partial charge is 0.326 e. The van der Waals surface area contributed by atoms with E-state index in [0.717, 1.165) is 5.56 Å². The molecule has 2 aromatic carbocycles. The summed E-state index contributed by atoms with van der Waals surface area (Å²) in [7, 11) is -1.92. The van der Waals surface area contributed by atoms with Gasteiger partial charge in [-0.25, -0.2) is 13.6 Å². The predicted octanol–water partition coefficient (Wildman–Crippen LogP) is 3.66. The third-order valence-corrected chi connectivity index (χ3v) is 5.69. The number of hydrogen-bond donors (Lipinski definition) is 2. The van der Waals surface area contributed by atoms with Crippen LogP contribution < -0.4 is 10.5 Å². The zero-order valence-electron chi connectivity index (χ0n) is 14.9. The quantitative estimate of drug-likeness (QED) is 0.701. The highest BCUT2D eigenvalue weighted by molar-refractivity contribution is 7.89. The number of primary sulfonamides is 1. The van der Waals surface area contributed by atoms with Gasteiger partial charge in [-0.2, -0.15) is 0 Å². The van der Waals surface area contributed by atoms with Crippen molar-refractivity contribution < 1.29 is 13.2 Å². The molecule has 6 nitrogen and oxygen atoms in total. The van der Waals surface area contributed by atoms with Gasteiger partial charge in [0.05, 0.1) is 4.90 Å². The average molecular weight is 430 g/mol. The smallest absolute Gasteiger partial charge is 0.238 e. The van der Waals surface area contributed by atoms with Crippen LogP contribution in [0.5, 0.6) is 0 Å². The molecule has 9 heteroatoms. The van der Waals surface area contributed by atoms with Crippen molar-refractivity contribution in [3.8, 4) is 0 Å². The molecule has 0 heterocycles. The third-order valence-electron chi connectivity index (χ3n) is 4.21. The second kappa shape index (κ2) is 9.03. The summed E-state index contributed by atoms with van der Waals surface area (Å²) in [5, 5.41) is 8.92. The first kappa shape index (κ1) is 21.7. The summed E-state index contributed by atoms with van der Waals surface area (Å²) in [4.78, 5) is 14.1. The van der Waals surface area contributed by atoms with Gasteiger partial charge in [-0.3, -0.25) is 9.69 Å². The van der Waals surface area contributed by atoms with Gasteiger partial charge in [-0.1, -0.05) is 35.3 Å². The number of nitrogens with two attached hydrogens (primary N) is 1. The molecular formula is C18H21Cl2N3O3S. The summed E-state index contributed by atoms with van der Waals surface area (Å²) in [5.74, 6) is -0.233. The Balaban J connectivity index is 1.95. The van der Waals surface area contributed by atoms with E-state index in [1.165, 1.54) is 18.2 Å². The predicted molar refractivity (Wildman–Crippen MR) is 109 cm³/mol. The van der Waals surface area contributed by atoms with Crippen LogP contribution in [0.25, 0.3) is 0 Å². The normalized spacial score (nSPS) is 12.8. The maximum absolute atomic E-state index is 12.2. The molecule has 1 unspecified atom stereocenters. The molecule has 0 saturated carbocycles. The maximum atomic E-state index is 12.2. The molecule has 27 heavy (non-hydrogen) atoms. The van der Waals surface area contributed by atoms with Crippen molar-refractivity contribution in [3.05, 3.63) is 58.1 Å². The lowest BCUT2D eigenvalue weighted by atomic mass is 10.1. The van der Waals surface area contributed by atoms with Crippen molar-refractivity contribution >= 4 is 44.8 Å². The average Bonchev–Trinajstić information content (AvgIpc) is 2.58. The van der Waals surface area contributed by atoms with Gasteiger partial charge in [0.15, 0.2) is 0 Å². The number of anilines is 1. The zero-order valence-corrected chi connectivity index (χ0v) is 17.3. The van der Waals surface area contributed by atoms with Gasteiger partial charge in [-0.05, 0) is 49.9 Å². The Hall–Kier alpha value is -1.64. The van der Waals surface area contributed by atoms with E-state index >= 15 is 0 Å². The summed E-state index contributed by atoms with van der Waals surface area (Å²) in [6.07, 6.45) is 0.228. The standard InChI is InChI=1S/C18H21Cl2N3O3S/c1-12(16-7-6-13(19)10-17(16)20)23(2)9-8-18(24)22-14-4-3-5-15(11-14)27(21,25)26/h3-7,10-12H,8-9H2,1-2H3,(H,22,24)(H2,21,25,26). The minimum Gasteiger partial charge on any atom is -0.326 e. The fraction of sp³-hybridized carbons (Fsp3) is 0.278. The van der Waals surface area contributed by atoms with Crippen LogP contribution in [-0.2, 0) is 14.8 Å². The Morgan fingerprint density at radius 1 is 1.22 bits per heavy atom. The topological polar surface area (TPSA) is 92.5 Å². The molecule has 0 aliphatic carbocycles. The highest BCUT2D eigenvalue weighted by atomic mass is 35.5. The molecule has 0 saturated heterocycles. The number of benzene rings is 2. The number of halogens is 2. The zero-order chi connectivity index (χ0) is 20.2. The van der Waals surface area contributed by atoms with Crippen LogP contribution in [0.1, 0.15) is 24.9 Å². The van der Waals surface area contributed by atoms with E-state index in [4.69, 9.17) is 28.3 Å². The summed E-state index contributed by atoms with van der Waals surface area (Å²) >= 11 is 12.2. The second-order valence-electron chi connectivity index (χ2n) is 6.19. The van der Waals surface area contributed by atoms with Crippen LogP contribution in [0.15, 0.2) is 47.4 Å². The molecule has 3 N–H and O–H groups in total. The first-order valence-corrected chi connectivity index (χ1v) is 10.5. The van der Waals surface area contributed by atoms with Crippen LogP contribution >= 0.6 is 23.2 Å². The maximum Gasteiger partial charge on any atom is 0.238 e. The molecule has 0 fully saturated rings. The number of nitrogens with one attached hydrogen (secondary N) is 1. The number of rotatable bonds is 7. The molecule has 2 rings (SSSR count). The van der Waals surface area contributed by atoms with Crippen LogP contribution in [0.2, 0.25) is 10.0 Å². The Morgan fingerprint density at radius 2 is 1.93 bits per heavy atom. The molecule has 0 aliphatic heterocycles. The number of nitrogens with zero attached hydrogens (tertiary/aromatic N) is 1. The van der Waals surface area contributed by atoms with Gasteiger partial charge in [0.1, 0.15) is 0 Å². The molecule has 146 valence electrons. The third kappa shape index (κ3) is 6.19. The summed E-state index contributed by atoms with van der Waals surface area (Å²) in [5.41, 5.74) is 1.30. The fourth-order valence-electron chi connectivity index (χ4n) is 2.52. The minimum atomic E-state index is -3.82. The molecule has 2 aromatic rings. The molecule has 0 spiro atoms. The van der Waals surface area contributed by atoms with Gasteiger partial charge in [0.2, 0.25) is 15.9 Å². The lowest BCUT2D eigenvalue weighted by molar-refractivity contribution is -0.116. The monoisotopic (exact) mass is 429 g/mol. The first-order valence-electron chi connectivity index (χ1n) is 8.16. The highest BCUT2D eigenvalue weighted by Crippen LogP contribution is 2.29. The van der Waals surface area contributed by atoms with Crippen LogP contribution in [0.3, 0.4) is 0 Å². The van der Waals surface area contributed by atoms with Crippen molar-refractivity contribution in [2.24, 2.45) is 5.14 Å². The summed E-state index contributed by atoms with van der Waals surface area (Å²) in [6, 6.07) is 11.1. The molecule has 0 radical (unpaired) electrons. The van der Waals surface area contributed by atoms with E-state index in [0.29, 0.717) is 22.3 Å². The van der Waals surface area contributed by atoms with E-state index in [1.807, 2.05) is 24.9 Å². The van der Waals surface area contributed by atoms with Crippen molar-refractivity contribution in [2.45, 2.75) is 24.3 Å². The van der Waals surface area contributed by atoms with Crippen LogP contribution in [0, 0.1) is 0 Å². The fourth-order valence-corrected chi connectivity index (χ4v) is 3.65. The SMILES string of the molecule is CC(c1ccc(Cl)cc1Cl)N(C)CCC(=O)Nc1cccc(S(N)(=O)=O)c1. The number of carbonyl (C=O) groups excluding carboxylic acids is 1. The van der Waals surface area contributed by atoms with Gasteiger partial charge in [0, 0.05) is 34.7 Å². The summed E-state index contributed by atoms with van der Waals surface area (Å²) < 4.78 is 22.8. The Bertz CT molecular complexity index is 935. The van der Waals surface area contributed by atoms with Gasteiger partial charge >= 0.3 is 0 Å². The number of amides is 1. The Labute approximate surface area is 169 Å².